The van der Waals surface area contributed by atoms with Gasteiger partial charge in [0.05, 0.1) is 11.6 Å². The van der Waals surface area contributed by atoms with Gasteiger partial charge in [-0.2, -0.15) is 5.26 Å². The number of nitrogens with zero attached hydrogens (tertiary/aromatic N) is 1. The average molecular weight is 230 g/mol. The Morgan fingerprint density at radius 2 is 1.67 bits per heavy atom. The van der Waals surface area contributed by atoms with Crippen LogP contribution in [0.5, 0.6) is 0 Å². The third-order valence-corrected chi connectivity index (χ3v) is 1.32. The van der Waals surface area contributed by atoms with E-state index in [4.69, 9.17) is 30.2 Å². The molecule has 0 atom stereocenters. The summed E-state index contributed by atoms with van der Waals surface area (Å²) in [7, 11) is -4.64. The number of benzene rings is 1. The third-order valence-electron chi connectivity index (χ3n) is 1.32. The van der Waals surface area contributed by atoms with E-state index in [2.05, 4.69) is 0 Å². The highest BCUT2D eigenvalue weighted by molar-refractivity contribution is 7.45. The predicted molar refractivity (Wildman–Crippen MR) is 53.3 cm³/mol. The van der Waals surface area contributed by atoms with E-state index in [0.717, 1.165) is 5.56 Å². The number of hydrogen-bond donors (Lipinski definition) is 4. The van der Waals surface area contributed by atoms with Crippen LogP contribution in [0.3, 0.4) is 0 Å². The van der Waals surface area contributed by atoms with Crippen molar-refractivity contribution in [1.29, 1.82) is 5.26 Å². The maximum absolute atomic E-state index is 8.88. The summed E-state index contributed by atoms with van der Waals surface area (Å²) in [5.74, 6) is 0. The lowest BCUT2D eigenvalue weighted by atomic mass is 10.1. The van der Waals surface area contributed by atoms with Gasteiger partial charge in [-0.15, -0.1) is 0 Å². The lowest BCUT2D eigenvalue weighted by Crippen LogP contribution is -1.94. The molecule has 0 fully saturated rings. The van der Waals surface area contributed by atoms with Gasteiger partial charge in [0.1, 0.15) is 0 Å². The molecule has 0 unspecified atom stereocenters. The minimum Gasteiger partial charge on any atom is -0.326 e. The minimum atomic E-state index is -4.64. The van der Waals surface area contributed by atoms with Crippen molar-refractivity contribution in [2.24, 2.45) is 5.73 Å². The lowest BCUT2D eigenvalue weighted by Gasteiger charge is -1.93. The Hall–Kier alpha value is -1.22. The summed E-state index contributed by atoms with van der Waals surface area (Å²) in [6.07, 6.45) is 0. The Labute approximate surface area is 86.8 Å². The molecule has 6 nitrogen and oxygen atoms in total. The van der Waals surface area contributed by atoms with Crippen LogP contribution in [-0.2, 0) is 11.1 Å². The van der Waals surface area contributed by atoms with Crippen molar-refractivity contribution in [3.63, 3.8) is 0 Å². The Morgan fingerprint density at radius 1 is 1.27 bits per heavy atom. The summed E-state index contributed by atoms with van der Waals surface area (Å²) in [4.78, 5) is 21.6. The van der Waals surface area contributed by atoms with Crippen LogP contribution >= 0.6 is 7.82 Å². The van der Waals surface area contributed by atoms with Crippen LogP contribution in [0, 0.1) is 11.3 Å². The van der Waals surface area contributed by atoms with Gasteiger partial charge in [0.25, 0.3) is 0 Å². The average Bonchev–Trinajstić information content (AvgIpc) is 2.15. The van der Waals surface area contributed by atoms with Crippen LogP contribution in [0.2, 0.25) is 0 Å². The molecule has 0 bridgehead atoms. The molecular formula is C8H11N2O4P. The van der Waals surface area contributed by atoms with Gasteiger partial charge < -0.3 is 20.4 Å². The first-order valence-electron chi connectivity index (χ1n) is 3.84. The fourth-order valence-electron chi connectivity index (χ4n) is 0.715. The second-order valence-corrected chi connectivity index (χ2v) is 3.55. The first-order chi connectivity index (χ1) is 6.86. The highest BCUT2D eigenvalue weighted by Gasteiger charge is 2.00. The topological polar surface area (TPSA) is 128 Å². The molecule has 7 heteroatoms. The zero-order chi connectivity index (χ0) is 11.9. The molecule has 0 spiro atoms. The Kier molecular flexibility index (Phi) is 5.79. The highest BCUT2D eigenvalue weighted by Crippen LogP contribution is 2.25. The van der Waals surface area contributed by atoms with Crippen LogP contribution in [0.1, 0.15) is 11.1 Å². The summed E-state index contributed by atoms with van der Waals surface area (Å²) in [5.41, 5.74) is 7.09. The van der Waals surface area contributed by atoms with Crippen molar-refractivity contribution >= 4 is 7.82 Å². The number of rotatable bonds is 1. The maximum Gasteiger partial charge on any atom is 0.466 e. The molecule has 0 aliphatic rings. The predicted octanol–water partition coefficient (Wildman–Crippen LogP) is 0.0884. The number of hydrogen-bond acceptors (Lipinski definition) is 3. The molecule has 0 heterocycles. The fraction of sp³-hybridized carbons (Fsp3) is 0.125. The van der Waals surface area contributed by atoms with Crippen LogP contribution in [0.25, 0.3) is 0 Å². The molecule has 0 aliphatic carbocycles. The van der Waals surface area contributed by atoms with Crippen molar-refractivity contribution in [3.05, 3.63) is 35.4 Å². The highest BCUT2D eigenvalue weighted by atomic mass is 31.2. The third kappa shape index (κ3) is 9.09. The zero-order valence-electron chi connectivity index (χ0n) is 7.74. The molecule has 0 saturated heterocycles. The fourth-order valence-corrected chi connectivity index (χ4v) is 0.715. The standard InChI is InChI=1S/C8H8N2.H3O4P/c9-5-7-1-2-8(6-10)4-3-7;1-5(2,3)4/h1-4H,5,9H2;(H3,1,2,3,4). The van der Waals surface area contributed by atoms with Crippen LogP contribution < -0.4 is 5.73 Å². The largest absolute Gasteiger partial charge is 0.466 e. The lowest BCUT2D eigenvalue weighted by molar-refractivity contribution is 0.275. The van der Waals surface area contributed by atoms with Crippen LogP contribution in [0.4, 0.5) is 0 Å². The van der Waals surface area contributed by atoms with Crippen molar-refractivity contribution in [1.82, 2.24) is 0 Å². The smallest absolute Gasteiger partial charge is 0.326 e. The molecule has 1 rings (SSSR count). The summed E-state index contributed by atoms with van der Waals surface area (Å²) < 4.78 is 8.88. The second-order valence-electron chi connectivity index (χ2n) is 2.53. The van der Waals surface area contributed by atoms with Gasteiger partial charge >= 0.3 is 7.82 Å². The van der Waals surface area contributed by atoms with Gasteiger partial charge in [-0.25, -0.2) is 4.57 Å². The molecule has 0 aliphatic heterocycles. The Morgan fingerprint density at radius 3 is 1.93 bits per heavy atom. The summed E-state index contributed by atoms with van der Waals surface area (Å²) in [6.45, 7) is 0.533. The first-order valence-corrected chi connectivity index (χ1v) is 5.40. The van der Waals surface area contributed by atoms with Crippen LogP contribution in [0.15, 0.2) is 24.3 Å². The van der Waals surface area contributed by atoms with Crippen molar-refractivity contribution < 1.29 is 19.2 Å². The quantitative estimate of drug-likeness (QED) is 0.506. The molecule has 1 aromatic carbocycles. The molecule has 0 amide bonds. The minimum absolute atomic E-state index is 0.533. The SMILES string of the molecule is N#Cc1ccc(CN)cc1.O=P(O)(O)O. The van der Waals surface area contributed by atoms with Gasteiger partial charge in [-0.05, 0) is 17.7 Å². The van der Waals surface area contributed by atoms with E-state index in [-0.39, 0.29) is 0 Å². The Bertz CT molecular complexity index is 370. The number of nitriles is 1. The van der Waals surface area contributed by atoms with E-state index in [0.29, 0.717) is 12.1 Å². The molecule has 82 valence electrons. The van der Waals surface area contributed by atoms with Crippen molar-refractivity contribution in [3.8, 4) is 6.07 Å². The van der Waals surface area contributed by atoms with Gasteiger partial charge in [-0.1, -0.05) is 12.1 Å². The normalized spacial score (nSPS) is 9.80. The van der Waals surface area contributed by atoms with E-state index < -0.39 is 7.82 Å². The molecule has 0 aromatic heterocycles. The van der Waals surface area contributed by atoms with E-state index in [9.17, 15) is 0 Å². The zero-order valence-corrected chi connectivity index (χ0v) is 8.63. The molecule has 1 aromatic rings. The van der Waals surface area contributed by atoms with Gasteiger partial charge in [0.2, 0.25) is 0 Å². The monoisotopic (exact) mass is 230 g/mol. The van der Waals surface area contributed by atoms with Gasteiger partial charge in [0.15, 0.2) is 0 Å². The van der Waals surface area contributed by atoms with Crippen LogP contribution in [-0.4, -0.2) is 14.7 Å². The molecule has 15 heavy (non-hydrogen) atoms. The van der Waals surface area contributed by atoms with Crippen molar-refractivity contribution in [2.75, 3.05) is 0 Å². The molecular weight excluding hydrogens is 219 g/mol. The van der Waals surface area contributed by atoms with Gasteiger partial charge in [0, 0.05) is 6.54 Å². The summed E-state index contributed by atoms with van der Waals surface area (Å²) >= 11 is 0. The van der Waals surface area contributed by atoms with E-state index >= 15 is 0 Å². The van der Waals surface area contributed by atoms with Gasteiger partial charge in [-0.3, -0.25) is 0 Å². The maximum atomic E-state index is 8.88. The summed E-state index contributed by atoms with van der Waals surface area (Å²) in [6, 6.07) is 9.29. The first kappa shape index (κ1) is 13.8. The number of phosphoric acid groups is 1. The van der Waals surface area contributed by atoms with E-state index in [1.54, 1.807) is 12.1 Å². The second kappa shape index (κ2) is 6.30. The number of nitrogens with two attached hydrogens (primary N) is 1. The Balaban J connectivity index is 0.000000336. The molecule has 0 radical (unpaired) electrons. The molecule has 5 N–H and O–H groups in total. The van der Waals surface area contributed by atoms with E-state index in [1.165, 1.54) is 0 Å². The molecule has 0 saturated carbocycles. The van der Waals surface area contributed by atoms with Crippen molar-refractivity contribution in [2.45, 2.75) is 6.54 Å². The summed E-state index contributed by atoms with van der Waals surface area (Å²) in [5, 5.41) is 8.42. The van der Waals surface area contributed by atoms with E-state index in [1.807, 2.05) is 18.2 Å².